The summed E-state index contributed by atoms with van der Waals surface area (Å²) < 4.78 is 39.5. The third-order valence-electron chi connectivity index (χ3n) is 6.40. The number of ether oxygens (including phenoxy) is 2. The lowest BCUT2D eigenvalue weighted by molar-refractivity contribution is -0.138. The van der Waals surface area contributed by atoms with Crippen molar-refractivity contribution < 1.29 is 27.8 Å². The summed E-state index contributed by atoms with van der Waals surface area (Å²) >= 11 is 0. The van der Waals surface area contributed by atoms with Crippen LogP contribution in [0.5, 0.6) is 5.75 Å². The van der Waals surface area contributed by atoms with Crippen LogP contribution in [-0.2, 0) is 19.6 Å². The average molecular weight is 479 g/mol. The van der Waals surface area contributed by atoms with Gasteiger partial charge in [0.25, 0.3) is 0 Å². The molecule has 3 atom stereocenters. The molecule has 0 unspecified atom stereocenters. The van der Waals surface area contributed by atoms with Crippen LogP contribution < -0.4 is 4.74 Å². The summed E-state index contributed by atoms with van der Waals surface area (Å²) in [7, 11) is -0.588. The molecular formula is C24H34N2O6S. The molecule has 1 N–H and O–H groups in total. The van der Waals surface area contributed by atoms with Gasteiger partial charge in [0.2, 0.25) is 15.9 Å². The van der Waals surface area contributed by atoms with Crippen LogP contribution in [0.3, 0.4) is 0 Å². The second-order valence-electron chi connectivity index (χ2n) is 8.98. The van der Waals surface area contributed by atoms with Gasteiger partial charge in [-0.2, -0.15) is 4.31 Å². The molecule has 8 nitrogen and oxygen atoms in total. The molecule has 2 aliphatic rings. The summed E-state index contributed by atoms with van der Waals surface area (Å²) in [4.78, 5) is 14.5. The number of hydrogen-bond acceptors (Lipinski definition) is 6. The molecule has 1 aliphatic carbocycles. The second-order valence-corrected chi connectivity index (χ2v) is 10.8. The molecule has 9 heteroatoms. The van der Waals surface area contributed by atoms with Crippen LogP contribution in [0.4, 0.5) is 0 Å². The summed E-state index contributed by atoms with van der Waals surface area (Å²) in [6, 6.07) is 4.15. The fourth-order valence-electron chi connectivity index (χ4n) is 4.06. The highest BCUT2D eigenvalue weighted by molar-refractivity contribution is 7.89. The Balaban J connectivity index is 1.99. The first kappa shape index (κ1) is 25.5. The first-order chi connectivity index (χ1) is 15.7. The van der Waals surface area contributed by atoms with Gasteiger partial charge in [0.05, 0.1) is 13.2 Å². The number of carbonyl (C=O) groups excluding carboxylic acids is 1. The first-order valence-corrected chi connectivity index (χ1v) is 12.8. The third-order valence-corrected chi connectivity index (χ3v) is 8.42. The maximum absolute atomic E-state index is 13.5. The number of hydrogen-bond donors (Lipinski definition) is 1. The summed E-state index contributed by atoms with van der Waals surface area (Å²) in [6.45, 7) is 4.07. The number of benzene rings is 1. The summed E-state index contributed by atoms with van der Waals surface area (Å²) in [5.74, 6) is 5.97. The predicted octanol–water partition coefficient (Wildman–Crippen LogP) is 1.71. The summed E-state index contributed by atoms with van der Waals surface area (Å²) in [5, 5.41) is 9.74. The largest absolute Gasteiger partial charge is 0.487 e. The van der Waals surface area contributed by atoms with Crippen molar-refractivity contribution in [1.82, 2.24) is 9.21 Å². The third kappa shape index (κ3) is 5.69. The van der Waals surface area contributed by atoms with Gasteiger partial charge < -0.3 is 19.5 Å². The number of carbonyl (C=O) groups is 1. The van der Waals surface area contributed by atoms with E-state index in [-0.39, 0.29) is 48.1 Å². The monoisotopic (exact) mass is 478 g/mol. The van der Waals surface area contributed by atoms with E-state index in [0.29, 0.717) is 12.1 Å². The fraction of sp³-hybridized carbons (Fsp3) is 0.625. The summed E-state index contributed by atoms with van der Waals surface area (Å²) in [5.41, 5.74) is 0.605. The van der Waals surface area contributed by atoms with Crippen molar-refractivity contribution in [2.24, 2.45) is 11.8 Å². The molecule has 0 radical (unpaired) electrons. The molecule has 33 heavy (non-hydrogen) atoms. The lowest BCUT2D eigenvalue weighted by Gasteiger charge is -2.38. The van der Waals surface area contributed by atoms with Gasteiger partial charge in [0.1, 0.15) is 23.4 Å². The van der Waals surface area contributed by atoms with Crippen molar-refractivity contribution >= 4 is 15.9 Å². The standard InChI is InChI=1S/C24H34N2O6S/c1-17-14-26(18(2)16-27)33(29,30)23-11-10-19(7-6-12-31-4)13-21(23)32-22(17)15-25(3)24(28)20-8-5-9-20/h10-11,13,17-18,20,22,27H,5,8-9,12,14-16H2,1-4H3/t17-,18-,22-/m0/s1. The van der Waals surface area contributed by atoms with Gasteiger partial charge >= 0.3 is 0 Å². The summed E-state index contributed by atoms with van der Waals surface area (Å²) in [6.07, 6.45) is 2.48. The van der Waals surface area contributed by atoms with E-state index in [4.69, 9.17) is 9.47 Å². The normalized spacial score (nSPS) is 23.5. The first-order valence-electron chi connectivity index (χ1n) is 11.3. The maximum atomic E-state index is 13.5. The number of aliphatic hydroxyl groups is 1. The average Bonchev–Trinajstić information content (AvgIpc) is 2.74. The number of methoxy groups -OCH3 is 1. The Morgan fingerprint density at radius 3 is 2.73 bits per heavy atom. The molecule has 1 amide bonds. The van der Waals surface area contributed by atoms with Crippen LogP contribution in [0, 0.1) is 23.7 Å². The number of sulfonamides is 1. The molecule has 0 aromatic heterocycles. The molecule has 3 rings (SSSR count). The van der Waals surface area contributed by atoms with Crippen LogP contribution >= 0.6 is 0 Å². The molecule has 1 heterocycles. The van der Waals surface area contributed by atoms with Gasteiger partial charge in [0.15, 0.2) is 0 Å². The van der Waals surface area contributed by atoms with Crippen molar-refractivity contribution in [3.8, 4) is 17.6 Å². The van der Waals surface area contributed by atoms with Gasteiger partial charge in [-0.15, -0.1) is 0 Å². The minimum atomic E-state index is -3.91. The lowest BCUT2D eigenvalue weighted by Crippen LogP contribution is -2.50. The molecule has 0 spiro atoms. The van der Waals surface area contributed by atoms with E-state index in [0.717, 1.165) is 19.3 Å². The molecule has 1 saturated carbocycles. The molecule has 1 aromatic carbocycles. The smallest absolute Gasteiger partial charge is 0.247 e. The highest BCUT2D eigenvalue weighted by Gasteiger charge is 2.39. The zero-order chi connectivity index (χ0) is 24.2. The molecule has 1 aliphatic heterocycles. The van der Waals surface area contributed by atoms with E-state index in [1.54, 1.807) is 38.1 Å². The highest BCUT2D eigenvalue weighted by Crippen LogP contribution is 2.34. The molecule has 0 bridgehead atoms. The van der Waals surface area contributed by atoms with Gasteiger partial charge in [-0.1, -0.05) is 25.2 Å². The maximum Gasteiger partial charge on any atom is 0.247 e. The molecule has 1 aromatic rings. The minimum absolute atomic E-state index is 0.0324. The molecular weight excluding hydrogens is 444 g/mol. The predicted molar refractivity (Wildman–Crippen MR) is 124 cm³/mol. The van der Waals surface area contributed by atoms with Crippen LogP contribution in [0.2, 0.25) is 0 Å². The van der Waals surface area contributed by atoms with Crippen molar-refractivity contribution in [3.63, 3.8) is 0 Å². The Morgan fingerprint density at radius 2 is 2.12 bits per heavy atom. The zero-order valence-electron chi connectivity index (χ0n) is 19.8. The fourth-order valence-corrected chi connectivity index (χ4v) is 5.88. The zero-order valence-corrected chi connectivity index (χ0v) is 20.6. The number of amides is 1. The number of fused-ring (bicyclic) bond motifs is 1. The Morgan fingerprint density at radius 1 is 1.39 bits per heavy atom. The highest BCUT2D eigenvalue weighted by atomic mass is 32.2. The Bertz CT molecular complexity index is 1010. The van der Waals surface area contributed by atoms with Crippen molar-refractivity contribution in [1.29, 1.82) is 0 Å². The van der Waals surface area contributed by atoms with E-state index in [1.165, 1.54) is 10.4 Å². The van der Waals surface area contributed by atoms with Crippen molar-refractivity contribution in [2.45, 2.75) is 50.2 Å². The van der Waals surface area contributed by atoms with E-state index in [2.05, 4.69) is 11.8 Å². The molecule has 0 saturated heterocycles. The van der Waals surface area contributed by atoms with Crippen molar-refractivity contribution in [3.05, 3.63) is 23.8 Å². The van der Waals surface area contributed by atoms with Crippen LogP contribution in [0.1, 0.15) is 38.7 Å². The van der Waals surface area contributed by atoms with E-state index in [1.807, 2.05) is 6.92 Å². The van der Waals surface area contributed by atoms with Crippen LogP contribution in [-0.4, -0.2) is 81.2 Å². The molecule has 1 fully saturated rings. The number of aliphatic hydroxyl groups excluding tert-OH is 1. The molecule has 182 valence electrons. The topological polar surface area (TPSA) is 96.4 Å². The van der Waals surface area contributed by atoms with Gasteiger partial charge in [-0.05, 0) is 38.0 Å². The van der Waals surface area contributed by atoms with E-state index < -0.39 is 22.2 Å². The van der Waals surface area contributed by atoms with Crippen LogP contribution in [0.25, 0.3) is 0 Å². The Hall–Kier alpha value is -2.12. The quantitative estimate of drug-likeness (QED) is 0.626. The number of likely N-dealkylation sites (N-methyl/N-ethyl adjacent to an activating group) is 1. The van der Waals surface area contributed by atoms with E-state index >= 15 is 0 Å². The van der Waals surface area contributed by atoms with Gasteiger partial charge in [-0.25, -0.2) is 8.42 Å². The Labute approximate surface area is 196 Å². The minimum Gasteiger partial charge on any atom is -0.487 e. The second kappa shape index (κ2) is 10.9. The number of rotatable bonds is 6. The Kier molecular flexibility index (Phi) is 8.40. The van der Waals surface area contributed by atoms with E-state index in [9.17, 15) is 18.3 Å². The van der Waals surface area contributed by atoms with Crippen LogP contribution in [0.15, 0.2) is 23.1 Å². The lowest BCUT2D eigenvalue weighted by atomic mass is 9.84. The van der Waals surface area contributed by atoms with Gasteiger partial charge in [-0.3, -0.25) is 4.79 Å². The van der Waals surface area contributed by atoms with Crippen molar-refractivity contribution in [2.75, 3.05) is 40.5 Å². The van der Waals surface area contributed by atoms with Gasteiger partial charge in [0, 0.05) is 44.1 Å². The number of nitrogens with zero attached hydrogens (tertiary/aromatic N) is 2. The SMILES string of the molecule is COCC#Cc1ccc2c(c1)O[C@@H](CN(C)C(=O)C1CCC1)[C@@H](C)CN([C@@H](C)CO)S2(=O)=O.